The van der Waals surface area contributed by atoms with Crippen LogP contribution < -0.4 is 0 Å². The zero-order chi connectivity index (χ0) is 13.8. The minimum atomic E-state index is -4.52. The molecule has 1 unspecified atom stereocenters. The van der Waals surface area contributed by atoms with E-state index in [1.165, 1.54) is 25.3 Å². The molecule has 0 aliphatic heterocycles. The number of methoxy groups -OCH3 is 1. The molecule has 0 aliphatic rings. The molecule has 0 heterocycles. The van der Waals surface area contributed by atoms with Crippen LogP contribution in [0.4, 0.5) is 13.2 Å². The van der Waals surface area contributed by atoms with Gasteiger partial charge in [-0.2, -0.15) is 13.2 Å². The Balaban J connectivity index is 2.86. The number of alkyl halides is 3. The normalized spacial score (nSPS) is 13.2. The summed E-state index contributed by atoms with van der Waals surface area (Å²) >= 11 is 0. The minimum absolute atomic E-state index is 0.111. The molecule has 1 aromatic rings. The average Bonchev–Trinajstić information content (AvgIpc) is 2.34. The largest absolute Gasteiger partial charge is 0.469 e. The van der Waals surface area contributed by atoms with E-state index in [0.717, 1.165) is 6.07 Å². The lowest BCUT2D eigenvalue weighted by Crippen LogP contribution is -2.13. The molecule has 0 saturated heterocycles. The summed E-state index contributed by atoms with van der Waals surface area (Å²) in [4.78, 5) is 10.9. The molecule has 100 valence electrons. The second kappa shape index (κ2) is 5.86. The summed E-state index contributed by atoms with van der Waals surface area (Å²) in [6.45, 7) is 0. The summed E-state index contributed by atoms with van der Waals surface area (Å²) < 4.78 is 42.4. The lowest BCUT2D eigenvalue weighted by atomic mass is 9.99. The summed E-state index contributed by atoms with van der Waals surface area (Å²) in [5.74, 6) is -0.571. The van der Waals surface area contributed by atoms with Gasteiger partial charge in [0.25, 0.3) is 0 Å². The van der Waals surface area contributed by atoms with Crippen molar-refractivity contribution in [1.29, 1.82) is 0 Å². The molecule has 0 amide bonds. The Hall–Kier alpha value is -1.56. The van der Waals surface area contributed by atoms with Crippen molar-refractivity contribution in [2.24, 2.45) is 0 Å². The molecule has 0 spiro atoms. The molecule has 1 atom stereocenters. The zero-order valence-corrected chi connectivity index (χ0v) is 9.70. The first-order valence-corrected chi connectivity index (χ1v) is 5.27. The molecule has 18 heavy (non-hydrogen) atoms. The highest BCUT2D eigenvalue weighted by Crippen LogP contribution is 2.35. The van der Waals surface area contributed by atoms with Gasteiger partial charge >= 0.3 is 12.1 Å². The Labute approximate surface area is 102 Å². The third kappa shape index (κ3) is 3.73. The first kappa shape index (κ1) is 14.5. The summed E-state index contributed by atoms with van der Waals surface area (Å²) in [5.41, 5.74) is -1.11. The topological polar surface area (TPSA) is 46.5 Å². The molecular formula is C12H13F3O3. The van der Waals surface area contributed by atoms with Gasteiger partial charge in [-0.1, -0.05) is 18.2 Å². The lowest BCUT2D eigenvalue weighted by Gasteiger charge is -2.16. The number of ether oxygens (including phenoxy) is 1. The standard InChI is InChI=1S/C12H13F3O3/c1-18-11(17)7-6-10(16)8-4-2-3-5-9(8)12(13,14)15/h2-5,10,16H,6-7H2,1H3. The predicted molar refractivity (Wildman–Crippen MR) is 57.7 cm³/mol. The van der Waals surface area contributed by atoms with Crippen molar-refractivity contribution in [3.63, 3.8) is 0 Å². The Morgan fingerprint density at radius 1 is 1.39 bits per heavy atom. The van der Waals surface area contributed by atoms with E-state index in [-0.39, 0.29) is 18.4 Å². The molecular weight excluding hydrogens is 249 g/mol. The first-order valence-electron chi connectivity index (χ1n) is 5.27. The number of rotatable bonds is 4. The van der Waals surface area contributed by atoms with Gasteiger partial charge in [-0.3, -0.25) is 4.79 Å². The van der Waals surface area contributed by atoms with Crippen LogP contribution in [-0.2, 0) is 15.7 Å². The highest BCUT2D eigenvalue weighted by atomic mass is 19.4. The maximum absolute atomic E-state index is 12.7. The number of halogens is 3. The average molecular weight is 262 g/mol. The molecule has 0 bridgehead atoms. The van der Waals surface area contributed by atoms with E-state index >= 15 is 0 Å². The number of hydrogen-bond donors (Lipinski definition) is 1. The number of aliphatic hydroxyl groups excluding tert-OH is 1. The molecule has 6 heteroatoms. The Morgan fingerprint density at radius 2 is 2.00 bits per heavy atom. The number of hydrogen-bond acceptors (Lipinski definition) is 3. The van der Waals surface area contributed by atoms with Crippen LogP contribution >= 0.6 is 0 Å². The van der Waals surface area contributed by atoms with E-state index in [4.69, 9.17) is 0 Å². The van der Waals surface area contributed by atoms with Gasteiger partial charge in [-0.25, -0.2) is 0 Å². The van der Waals surface area contributed by atoms with Crippen molar-refractivity contribution in [1.82, 2.24) is 0 Å². The SMILES string of the molecule is COC(=O)CCC(O)c1ccccc1C(F)(F)F. The molecule has 1 N–H and O–H groups in total. The van der Waals surface area contributed by atoms with E-state index in [2.05, 4.69) is 4.74 Å². The molecule has 0 aromatic heterocycles. The maximum Gasteiger partial charge on any atom is 0.416 e. The van der Waals surface area contributed by atoms with Gasteiger partial charge in [-0.15, -0.1) is 0 Å². The Kier molecular flexibility index (Phi) is 4.72. The predicted octanol–water partition coefficient (Wildman–Crippen LogP) is 2.69. The van der Waals surface area contributed by atoms with Gasteiger partial charge in [0.05, 0.1) is 18.8 Å². The molecule has 0 aliphatic carbocycles. The van der Waals surface area contributed by atoms with Gasteiger partial charge in [0.15, 0.2) is 0 Å². The third-order valence-electron chi connectivity index (χ3n) is 2.47. The molecule has 0 saturated carbocycles. The van der Waals surface area contributed by atoms with Gasteiger partial charge in [0.2, 0.25) is 0 Å². The maximum atomic E-state index is 12.7. The summed E-state index contributed by atoms with van der Waals surface area (Å²) in [6.07, 6.45) is -6.12. The lowest BCUT2D eigenvalue weighted by molar-refractivity contribution is -0.141. The smallest absolute Gasteiger partial charge is 0.416 e. The number of carbonyl (C=O) groups excluding carboxylic acids is 1. The van der Waals surface area contributed by atoms with Crippen LogP contribution in [0.5, 0.6) is 0 Å². The molecule has 0 radical (unpaired) electrons. The second-order valence-corrected chi connectivity index (χ2v) is 3.72. The molecule has 1 aromatic carbocycles. The van der Waals surface area contributed by atoms with Crippen LogP contribution in [0.1, 0.15) is 30.1 Å². The van der Waals surface area contributed by atoms with Gasteiger partial charge in [-0.05, 0) is 18.1 Å². The fourth-order valence-electron chi connectivity index (χ4n) is 1.56. The van der Waals surface area contributed by atoms with Crippen molar-refractivity contribution in [2.75, 3.05) is 7.11 Å². The second-order valence-electron chi connectivity index (χ2n) is 3.72. The Bertz CT molecular complexity index is 415. The fourth-order valence-corrected chi connectivity index (χ4v) is 1.56. The Morgan fingerprint density at radius 3 is 2.56 bits per heavy atom. The quantitative estimate of drug-likeness (QED) is 0.848. The van der Waals surface area contributed by atoms with E-state index in [1.807, 2.05) is 0 Å². The minimum Gasteiger partial charge on any atom is -0.469 e. The number of aliphatic hydroxyl groups is 1. The van der Waals surface area contributed by atoms with Crippen LogP contribution in [0.3, 0.4) is 0 Å². The summed E-state index contributed by atoms with van der Waals surface area (Å²) in [7, 11) is 1.18. The van der Waals surface area contributed by atoms with Crippen LogP contribution in [0.15, 0.2) is 24.3 Å². The van der Waals surface area contributed by atoms with E-state index < -0.39 is 23.8 Å². The number of esters is 1. The highest BCUT2D eigenvalue weighted by Gasteiger charge is 2.34. The number of carbonyl (C=O) groups is 1. The van der Waals surface area contributed by atoms with Crippen molar-refractivity contribution < 1.29 is 27.8 Å². The van der Waals surface area contributed by atoms with Gasteiger partial charge < -0.3 is 9.84 Å². The molecule has 1 rings (SSSR count). The van der Waals surface area contributed by atoms with E-state index in [0.29, 0.717) is 0 Å². The van der Waals surface area contributed by atoms with Crippen molar-refractivity contribution in [2.45, 2.75) is 25.1 Å². The molecule has 3 nitrogen and oxygen atoms in total. The van der Waals surface area contributed by atoms with Crippen LogP contribution in [0, 0.1) is 0 Å². The summed E-state index contributed by atoms with van der Waals surface area (Å²) in [5, 5.41) is 9.70. The van der Waals surface area contributed by atoms with Crippen molar-refractivity contribution in [3.8, 4) is 0 Å². The van der Waals surface area contributed by atoms with Gasteiger partial charge in [0, 0.05) is 6.42 Å². The van der Waals surface area contributed by atoms with Gasteiger partial charge in [0.1, 0.15) is 0 Å². The monoisotopic (exact) mass is 262 g/mol. The van der Waals surface area contributed by atoms with E-state index in [1.54, 1.807) is 0 Å². The van der Waals surface area contributed by atoms with Crippen molar-refractivity contribution >= 4 is 5.97 Å². The molecule has 0 fully saturated rings. The number of benzene rings is 1. The van der Waals surface area contributed by atoms with Crippen molar-refractivity contribution in [3.05, 3.63) is 35.4 Å². The van der Waals surface area contributed by atoms with E-state index in [9.17, 15) is 23.1 Å². The highest BCUT2D eigenvalue weighted by molar-refractivity contribution is 5.69. The summed E-state index contributed by atoms with van der Waals surface area (Å²) in [6, 6.07) is 4.76. The van der Waals surface area contributed by atoms with Crippen LogP contribution in [-0.4, -0.2) is 18.2 Å². The zero-order valence-electron chi connectivity index (χ0n) is 9.70. The van der Waals surface area contributed by atoms with Crippen LogP contribution in [0.2, 0.25) is 0 Å². The van der Waals surface area contributed by atoms with Crippen LogP contribution in [0.25, 0.3) is 0 Å². The third-order valence-corrected chi connectivity index (χ3v) is 2.47. The first-order chi connectivity index (χ1) is 8.36. The fraction of sp³-hybridized carbons (Fsp3) is 0.417.